The molecule has 216 valence electrons. The number of nitrogens with zero attached hydrogens (tertiary/aromatic N) is 1. The molecule has 1 N–H and O–H groups in total. The summed E-state index contributed by atoms with van der Waals surface area (Å²) in [5.74, 6) is -1.72. The van der Waals surface area contributed by atoms with Crippen LogP contribution >= 0.6 is 0 Å². The first-order valence-electron chi connectivity index (χ1n) is 13.5. The van der Waals surface area contributed by atoms with E-state index in [1.807, 2.05) is 27.7 Å². The van der Waals surface area contributed by atoms with Crippen molar-refractivity contribution in [3.63, 3.8) is 0 Å². The van der Waals surface area contributed by atoms with E-state index in [-0.39, 0.29) is 24.8 Å². The average Bonchev–Trinajstić information content (AvgIpc) is 2.84. The second kappa shape index (κ2) is 12.3. The molecule has 0 radical (unpaired) electrons. The fourth-order valence-corrected chi connectivity index (χ4v) is 5.42. The van der Waals surface area contributed by atoms with Crippen molar-refractivity contribution in [3.05, 3.63) is 59.2 Å². The van der Waals surface area contributed by atoms with Crippen molar-refractivity contribution in [1.29, 1.82) is 0 Å². The van der Waals surface area contributed by atoms with Gasteiger partial charge in [0, 0.05) is 6.04 Å². The number of hydrogen-bond acceptors (Lipinski definition) is 2. The highest BCUT2D eigenvalue weighted by molar-refractivity contribution is 5.77. The Labute approximate surface area is 226 Å². The van der Waals surface area contributed by atoms with E-state index in [4.69, 9.17) is 0 Å². The topological polar surface area (TPSA) is 40.5 Å². The number of rotatable bonds is 9. The highest BCUT2D eigenvalue weighted by Gasteiger charge is 2.47. The van der Waals surface area contributed by atoms with Crippen LogP contribution in [0, 0.1) is 11.8 Å². The molecule has 39 heavy (non-hydrogen) atoms. The van der Waals surface area contributed by atoms with Gasteiger partial charge in [0.15, 0.2) is 0 Å². The molecule has 0 spiro atoms. The molecule has 3 atom stereocenters. The number of piperidine rings is 1. The molecule has 3 rings (SSSR count). The zero-order valence-corrected chi connectivity index (χ0v) is 22.7. The summed E-state index contributed by atoms with van der Waals surface area (Å²) in [6.45, 7) is 7.92. The van der Waals surface area contributed by atoms with Crippen LogP contribution in [0.4, 0.5) is 26.3 Å². The largest absolute Gasteiger partial charge is 0.481 e. The fraction of sp³-hybridized carbons (Fsp3) is 0.567. The van der Waals surface area contributed by atoms with Crippen LogP contribution in [0.3, 0.4) is 0 Å². The number of carboxylic acid groups (broad SMARTS) is 1. The third kappa shape index (κ3) is 7.99. The highest BCUT2D eigenvalue weighted by atomic mass is 19.4. The number of halogens is 6. The summed E-state index contributed by atoms with van der Waals surface area (Å²) >= 11 is 0. The van der Waals surface area contributed by atoms with Crippen LogP contribution in [-0.4, -0.2) is 34.7 Å². The van der Waals surface area contributed by atoms with Gasteiger partial charge in [-0.2, -0.15) is 26.3 Å². The van der Waals surface area contributed by atoms with E-state index in [1.165, 1.54) is 17.0 Å². The minimum absolute atomic E-state index is 0.00531. The van der Waals surface area contributed by atoms with Crippen molar-refractivity contribution in [2.75, 3.05) is 6.54 Å². The number of likely N-dealkylation sites (tertiary alicyclic amines) is 1. The Morgan fingerprint density at radius 1 is 0.923 bits per heavy atom. The van der Waals surface area contributed by atoms with Gasteiger partial charge in [-0.25, -0.2) is 0 Å². The average molecular weight is 558 g/mol. The first-order chi connectivity index (χ1) is 18.1. The van der Waals surface area contributed by atoms with Gasteiger partial charge >= 0.3 is 18.3 Å². The van der Waals surface area contributed by atoms with E-state index in [0.717, 1.165) is 12.1 Å². The van der Waals surface area contributed by atoms with E-state index in [0.29, 0.717) is 47.9 Å². The van der Waals surface area contributed by atoms with Gasteiger partial charge in [0.05, 0.1) is 11.5 Å². The van der Waals surface area contributed by atoms with Crippen molar-refractivity contribution in [2.24, 2.45) is 11.8 Å². The van der Waals surface area contributed by atoms with Gasteiger partial charge < -0.3 is 5.11 Å². The maximum atomic E-state index is 14.1. The lowest BCUT2D eigenvalue weighted by molar-refractivity contribution is -0.200. The molecule has 2 aromatic rings. The van der Waals surface area contributed by atoms with E-state index in [9.17, 15) is 36.2 Å². The number of carbonyl (C=O) groups is 1. The smallest absolute Gasteiger partial charge is 0.416 e. The molecule has 1 heterocycles. The minimum atomic E-state index is -4.51. The van der Waals surface area contributed by atoms with E-state index in [1.54, 1.807) is 18.2 Å². The lowest BCUT2D eigenvalue weighted by Gasteiger charge is -2.43. The Kier molecular flexibility index (Phi) is 9.78. The molecule has 3 nitrogen and oxygen atoms in total. The summed E-state index contributed by atoms with van der Waals surface area (Å²) in [7, 11) is 0. The Balaban J connectivity index is 2.16. The first kappa shape index (κ1) is 31.0. The Hall–Kier alpha value is -2.55. The predicted molar refractivity (Wildman–Crippen MR) is 139 cm³/mol. The van der Waals surface area contributed by atoms with Gasteiger partial charge in [-0.05, 0) is 90.9 Å². The molecule has 1 aliphatic rings. The zero-order valence-electron chi connectivity index (χ0n) is 22.7. The van der Waals surface area contributed by atoms with E-state index < -0.39 is 41.9 Å². The molecule has 0 saturated carbocycles. The van der Waals surface area contributed by atoms with Gasteiger partial charge in [-0.1, -0.05) is 52.0 Å². The Morgan fingerprint density at radius 3 is 2.08 bits per heavy atom. The van der Waals surface area contributed by atoms with Crippen LogP contribution in [0.1, 0.15) is 88.4 Å². The standard InChI is InChI=1S/C30H37F6NO2/c1-18(2)12-13-37-26(6-5-7-27(37)30(34,35)36)23-16-21(20-8-10-24(11-9-20)29(31,32)33)15-22(17-23)25(28(38)39)14-19(3)4/h8-11,15-19,25-27H,5-7,12-14H2,1-4H3,(H,38,39)/t25-,26+,27-/m1/s1. The highest BCUT2D eigenvalue weighted by Crippen LogP contribution is 2.43. The van der Waals surface area contributed by atoms with Crippen LogP contribution < -0.4 is 0 Å². The number of benzene rings is 2. The van der Waals surface area contributed by atoms with Crippen molar-refractivity contribution < 1.29 is 36.2 Å². The molecule has 1 aliphatic heterocycles. The maximum absolute atomic E-state index is 14.1. The monoisotopic (exact) mass is 557 g/mol. The van der Waals surface area contributed by atoms with Gasteiger partial charge in [0.1, 0.15) is 6.04 Å². The first-order valence-corrected chi connectivity index (χ1v) is 13.5. The van der Waals surface area contributed by atoms with Crippen LogP contribution in [0.2, 0.25) is 0 Å². The summed E-state index contributed by atoms with van der Waals surface area (Å²) < 4.78 is 81.8. The lowest BCUT2D eigenvalue weighted by Crippen LogP contribution is -2.50. The van der Waals surface area contributed by atoms with E-state index in [2.05, 4.69) is 0 Å². The van der Waals surface area contributed by atoms with Gasteiger partial charge in [-0.3, -0.25) is 9.69 Å². The van der Waals surface area contributed by atoms with Crippen molar-refractivity contribution >= 4 is 5.97 Å². The normalized spacial score (nSPS) is 20.0. The fourth-order valence-electron chi connectivity index (χ4n) is 5.42. The molecule has 0 amide bonds. The quantitative estimate of drug-likeness (QED) is 0.313. The number of hydrogen-bond donors (Lipinski definition) is 1. The van der Waals surface area contributed by atoms with Crippen LogP contribution in [0.25, 0.3) is 11.1 Å². The molecule has 0 aliphatic carbocycles. The number of aliphatic carboxylic acids is 1. The lowest BCUT2D eigenvalue weighted by atomic mass is 9.83. The molecule has 1 saturated heterocycles. The molecular weight excluding hydrogens is 520 g/mol. The molecule has 0 aromatic heterocycles. The van der Waals surface area contributed by atoms with Crippen molar-refractivity contribution in [2.45, 2.75) is 90.2 Å². The van der Waals surface area contributed by atoms with Gasteiger partial charge in [0.2, 0.25) is 0 Å². The summed E-state index contributed by atoms with van der Waals surface area (Å²) in [6.07, 6.45) is -7.20. The molecule has 0 bridgehead atoms. The summed E-state index contributed by atoms with van der Waals surface area (Å²) in [6, 6.07) is 7.41. The SMILES string of the molecule is CC(C)CCN1[C@H](c2cc(-c3ccc(C(F)(F)F)cc3)cc([C@@H](CC(C)C)C(=O)O)c2)CCC[C@@H]1C(F)(F)F. The third-order valence-corrected chi connectivity index (χ3v) is 7.41. The molecule has 2 aromatic carbocycles. The van der Waals surface area contributed by atoms with Gasteiger partial charge in [0.25, 0.3) is 0 Å². The molecular formula is C30H37F6NO2. The number of alkyl halides is 6. The third-order valence-electron chi connectivity index (χ3n) is 7.41. The molecule has 0 unspecified atom stereocenters. The molecule has 1 fully saturated rings. The minimum Gasteiger partial charge on any atom is -0.481 e. The summed E-state index contributed by atoms with van der Waals surface area (Å²) in [4.78, 5) is 13.8. The predicted octanol–water partition coefficient (Wildman–Crippen LogP) is 9.09. The van der Waals surface area contributed by atoms with Crippen LogP contribution in [0.5, 0.6) is 0 Å². The zero-order chi connectivity index (χ0) is 29.1. The van der Waals surface area contributed by atoms with Gasteiger partial charge in [-0.15, -0.1) is 0 Å². The van der Waals surface area contributed by atoms with Crippen LogP contribution in [-0.2, 0) is 11.0 Å². The van der Waals surface area contributed by atoms with Crippen molar-refractivity contribution in [3.8, 4) is 11.1 Å². The summed E-state index contributed by atoms with van der Waals surface area (Å²) in [5, 5.41) is 10.0. The Morgan fingerprint density at radius 2 is 1.56 bits per heavy atom. The molecule has 9 heteroatoms. The van der Waals surface area contributed by atoms with Crippen molar-refractivity contribution in [1.82, 2.24) is 4.90 Å². The maximum Gasteiger partial charge on any atom is 0.416 e. The second-order valence-electron chi connectivity index (χ2n) is 11.4. The number of carboxylic acids is 1. The van der Waals surface area contributed by atoms with Crippen LogP contribution in [0.15, 0.2) is 42.5 Å². The second-order valence-corrected chi connectivity index (χ2v) is 11.4. The summed E-state index contributed by atoms with van der Waals surface area (Å²) in [5.41, 5.74) is 1.13. The Bertz CT molecular complexity index is 1110. The van der Waals surface area contributed by atoms with E-state index >= 15 is 0 Å².